The van der Waals surface area contributed by atoms with Gasteiger partial charge in [-0.05, 0) is 31.8 Å². The Morgan fingerprint density at radius 3 is 2.76 bits per heavy atom. The molecule has 1 fully saturated rings. The fourth-order valence-electron chi connectivity index (χ4n) is 2.48. The van der Waals surface area contributed by atoms with Crippen LogP contribution in [-0.2, 0) is 11.3 Å². The Morgan fingerprint density at radius 2 is 2.19 bits per heavy atom. The van der Waals surface area contributed by atoms with Crippen molar-refractivity contribution in [3.8, 4) is 0 Å². The van der Waals surface area contributed by atoms with E-state index in [1.54, 1.807) is 6.92 Å². The van der Waals surface area contributed by atoms with E-state index in [0.717, 1.165) is 25.9 Å². The van der Waals surface area contributed by atoms with Gasteiger partial charge >= 0.3 is 0 Å². The first-order valence-electron chi connectivity index (χ1n) is 7.09. The maximum absolute atomic E-state index is 12.0. The molecule has 0 aromatic carbocycles. The largest absolute Gasteiger partial charge is 0.350 e. The quantitative estimate of drug-likeness (QED) is 0.859. The SMILES string of the molecule is Cc1nc(CN2CCC(CC(=O)NCC(F)F)CC2)no1. The van der Waals surface area contributed by atoms with Gasteiger partial charge < -0.3 is 9.84 Å². The standard InChI is InChI=1S/C13H20F2N4O2/c1-9-17-12(18-21-9)8-19-4-2-10(3-5-19)6-13(20)16-7-11(14)15/h10-11H,2-8H2,1H3,(H,16,20). The third-order valence-electron chi connectivity index (χ3n) is 3.57. The van der Waals surface area contributed by atoms with Crippen molar-refractivity contribution >= 4 is 5.91 Å². The van der Waals surface area contributed by atoms with E-state index in [-0.39, 0.29) is 11.8 Å². The Morgan fingerprint density at radius 1 is 1.48 bits per heavy atom. The molecule has 0 aliphatic carbocycles. The molecule has 21 heavy (non-hydrogen) atoms. The highest BCUT2D eigenvalue weighted by Crippen LogP contribution is 2.21. The molecular weight excluding hydrogens is 282 g/mol. The molecule has 2 heterocycles. The van der Waals surface area contributed by atoms with Gasteiger partial charge in [-0.25, -0.2) is 8.78 Å². The smallest absolute Gasteiger partial charge is 0.255 e. The molecule has 1 N–H and O–H groups in total. The fourth-order valence-corrected chi connectivity index (χ4v) is 2.48. The number of likely N-dealkylation sites (tertiary alicyclic amines) is 1. The second kappa shape index (κ2) is 7.44. The second-order valence-electron chi connectivity index (χ2n) is 5.35. The molecule has 2 rings (SSSR count). The van der Waals surface area contributed by atoms with Crippen LogP contribution in [0.5, 0.6) is 0 Å². The van der Waals surface area contributed by atoms with Crippen LogP contribution in [0.3, 0.4) is 0 Å². The third-order valence-corrected chi connectivity index (χ3v) is 3.57. The second-order valence-corrected chi connectivity index (χ2v) is 5.35. The van der Waals surface area contributed by atoms with E-state index in [2.05, 4.69) is 20.4 Å². The Labute approximate surface area is 121 Å². The molecule has 1 aliphatic rings. The third kappa shape index (κ3) is 5.37. The van der Waals surface area contributed by atoms with Crippen molar-refractivity contribution in [1.82, 2.24) is 20.4 Å². The number of aryl methyl sites for hydroxylation is 1. The van der Waals surface area contributed by atoms with Crippen molar-refractivity contribution in [2.75, 3.05) is 19.6 Å². The van der Waals surface area contributed by atoms with Crippen LogP contribution in [0.15, 0.2) is 4.52 Å². The lowest BCUT2D eigenvalue weighted by atomic mass is 9.93. The van der Waals surface area contributed by atoms with Gasteiger partial charge in [-0.1, -0.05) is 5.16 Å². The van der Waals surface area contributed by atoms with Crippen molar-refractivity contribution in [3.05, 3.63) is 11.7 Å². The molecule has 1 saturated heterocycles. The predicted octanol–water partition coefficient (Wildman–Crippen LogP) is 1.36. The normalized spacial score (nSPS) is 17.3. The van der Waals surface area contributed by atoms with Crippen LogP contribution in [0, 0.1) is 12.8 Å². The average molecular weight is 302 g/mol. The zero-order valence-electron chi connectivity index (χ0n) is 12.0. The highest BCUT2D eigenvalue weighted by Gasteiger charge is 2.22. The first-order valence-corrected chi connectivity index (χ1v) is 7.09. The van der Waals surface area contributed by atoms with E-state index in [4.69, 9.17) is 4.52 Å². The molecule has 8 heteroatoms. The fraction of sp³-hybridized carbons (Fsp3) is 0.769. The number of amides is 1. The minimum atomic E-state index is -2.49. The zero-order chi connectivity index (χ0) is 15.2. The van der Waals surface area contributed by atoms with E-state index in [9.17, 15) is 13.6 Å². The van der Waals surface area contributed by atoms with Crippen LogP contribution in [-0.4, -0.2) is 47.0 Å². The minimum absolute atomic E-state index is 0.255. The number of nitrogens with one attached hydrogen (secondary N) is 1. The lowest BCUT2D eigenvalue weighted by Gasteiger charge is -2.30. The Kier molecular flexibility index (Phi) is 5.60. The topological polar surface area (TPSA) is 71.3 Å². The van der Waals surface area contributed by atoms with Gasteiger partial charge in [-0.2, -0.15) is 4.98 Å². The van der Waals surface area contributed by atoms with Gasteiger partial charge in [0.1, 0.15) is 0 Å². The number of carbonyl (C=O) groups excluding carboxylic acids is 1. The van der Waals surface area contributed by atoms with Gasteiger partial charge in [0.05, 0.1) is 13.1 Å². The van der Waals surface area contributed by atoms with Gasteiger partial charge in [-0.3, -0.25) is 9.69 Å². The molecule has 0 unspecified atom stereocenters. The van der Waals surface area contributed by atoms with Crippen molar-refractivity contribution < 1.29 is 18.1 Å². The minimum Gasteiger partial charge on any atom is -0.350 e. The Bertz CT molecular complexity index is 459. The summed E-state index contributed by atoms with van der Waals surface area (Å²) in [5, 5.41) is 6.10. The molecule has 0 bridgehead atoms. The van der Waals surface area contributed by atoms with E-state index in [0.29, 0.717) is 24.7 Å². The van der Waals surface area contributed by atoms with E-state index >= 15 is 0 Å². The van der Waals surface area contributed by atoms with Gasteiger partial charge in [-0.15, -0.1) is 0 Å². The van der Waals surface area contributed by atoms with Crippen LogP contribution in [0.25, 0.3) is 0 Å². The molecule has 0 saturated carbocycles. The summed E-state index contributed by atoms with van der Waals surface area (Å²) < 4.78 is 28.9. The van der Waals surface area contributed by atoms with Crippen molar-refractivity contribution in [3.63, 3.8) is 0 Å². The molecule has 0 radical (unpaired) electrons. The maximum Gasteiger partial charge on any atom is 0.255 e. The number of rotatable bonds is 6. The molecule has 1 amide bonds. The Balaban J connectivity index is 1.67. The monoisotopic (exact) mass is 302 g/mol. The predicted molar refractivity (Wildman–Crippen MR) is 70.7 cm³/mol. The van der Waals surface area contributed by atoms with Gasteiger partial charge in [0.2, 0.25) is 11.8 Å². The summed E-state index contributed by atoms with van der Waals surface area (Å²) in [4.78, 5) is 17.9. The van der Waals surface area contributed by atoms with Crippen molar-refractivity contribution in [2.24, 2.45) is 5.92 Å². The van der Waals surface area contributed by atoms with Gasteiger partial charge in [0, 0.05) is 13.3 Å². The zero-order valence-corrected chi connectivity index (χ0v) is 12.0. The number of aromatic nitrogens is 2. The van der Waals surface area contributed by atoms with Gasteiger partial charge in [0.25, 0.3) is 6.43 Å². The average Bonchev–Trinajstić information content (AvgIpc) is 2.84. The highest BCUT2D eigenvalue weighted by atomic mass is 19.3. The summed E-state index contributed by atoms with van der Waals surface area (Å²) in [5.74, 6) is 1.18. The molecule has 118 valence electrons. The number of carbonyl (C=O) groups is 1. The summed E-state index contributed by atoms with van der Waals surface area (Å²) in [6.07, 6.45) is -0.422. The number of piperidine rings is 1. The molecule has 0 atom stereocenters. The van der Waals surface area contributed by atoms with Crippen LogP contribution in [0.1, 0.15) is 31.0 Å². The first kappa shape index (κ1) is 15.8. The number of hydrogen-bond donors (Lipinski definition) is 1. The van der Waals surface area contributed by atoms with Crippen LogP contribution < -0.4 is 5.32 Å². The Hall–Kier alpha value is -1.57. The summed E-state index contributed by atoms with van der Waals surface area (Å²) in [5.41, 5.74) is 0. The maximum atomic E-state index is 12.0. The van der Waals surface area contributed by atoms with E-state index in [1.165, 1.54) is 0 Å². The number of nitrogens with zero attached hydrogens (tertiary/aromatic N) is 3. The molecular formula is C13H20F2N4O2. The number of alkyl halides is 2. The van der Waals surface area contributed by atoms with E-state index < -0.39 is 13.0 Å². The summed E-state index contributed by atoms with van der Waals surface area (Å²) in [7, 11) is 0. The molecule has 1 aromatic rings. The van der Waals surface area contributed by atoms with Gasteiger partial charge in [0.15, 0.2) is 5.82 Å². The molecule has 6 nitrogen and oxygen atoms in total. The van der Waals surface area contributed by atoms with Crippen molar-refractivity contribution in [1.29, 1.82) is 0 Å². The first-order chi connectivity index (χ1) is 10.0. The lowest BCUT2D eigenvalue weighted by Crippen LogP contribution is -2.36. The molecule has 0 spiro atoms. The number of halogens is 2. The highest BCUT2D eigenvalue weighted by molar-refractivity contribution is 5.76. The number of hydrogen-bond acceptors (Lipinski definition) is 5. The van der Waals surface area contributed by atoms with Crippen LogP contribution in [0.2, 0.25) is 0 Å². The molecule has 1 aliphatic heterocycles. The summed E-state index contributed by atoms with van der Waals surface area (Å²) in [6.45, 7) is 3.53. The summed E-state index contributed by atoms with van der Waals surface area (Å²) in [6, 6.07) is 0. The molecule has 1 aromatic heterocycles. The van der Waals surface area contributed by atoms with Crippen molar-refractivity contribution in [2.45, 2.75) is 39.2 Å². The van der Waals surface area contributed by atoms with Crippen LogP contribution in [0.4, 0.5) is 8.78 Å². The van der Waals surface area contributed by atoms with E-state index in [1.807, 2.05) is 0 Å². The van der Waals surface area contributed by atoms with Crippen LogP contribution >= 0.6 is 0 Å². The lowest BCUT2D eigenvalue weighted by molar-refractivity contribution is -0.123. The summed E-state index contributed by atoms with van der Waals surface area (Å²) >= 11 is 0.